The minimum Gasteiger partial charge on any atom is -0.468 e. The van der Waals surface area contributed by atoms with Gasteiger partial charge in [-0.3, -0.25) is 9.59 Å². The molecule has 4 nitrogen and oxygen atoms in total. The minimum absolute atomic E-state index is 0.329. The zero-order chi connectivity index (χ0) is 14.0. The number of esters is 1. The van der Waals surface area contributed by atoms with Crippen molar-refractivity contribution in [2.24, 2.45) is 5.41 Å². The molecule has 0 aromatic heterocycles. The summed E-state index contributed by atoms with van der Waals surface area (Å²) < 4.78 is 17.8. The average Bonchev–Trinajstić information content (AvgIpc) is 2.32. The van der Waals surface area contributed by atoms with Gasteiger partial charge in [0.25, 0.3) is 0 Å². The van der Waals surface area contributed by atoms with Gasteiger partial charge in [0, 0.05) is 5.69 Å². The predicted molar refractivity (Wildman–Crippen MR) is 68.1 cm³/mol. The molecule has 0 radical (unpaired) electrons. The van der Waals surface area contributed by atoms with Crippen molar-refractivity contribution in [2.75, 3.05) is 12.4 Å². The molecular formula is C14H16FNO3. The molecular weight excluding hydrogens is 249 g/mol. The Morgan fingerprint density at radius 1 is 1.37 bits per heavy atom. The van der Waals surface area contributed by atoms with Gasteiger partial charge in [0.05, 0.1) is 7.11 Å². The third kappa shape index (κ3) is 2.32. The number of benzene rings is 1. The van der Waals surface area contributed by atoms with Crippen LogP contribution < -0.4 is 5.32 Å². The number of carbonyl (C=O) groups excluding carboxylic acids is 2. The van der Waals surface area contributed by atoms with Crippen molar-refractivity contribution >= 4 is 17.6 Å². The Kier molecular flexibility index (Phi) is 3.55. The number of hydrogen-bond donors (Lipinski definition) is 1. The number of halogens is 1. The van der Waals surface area contributed by atoms with Crippen molar-refractivity contribution in [3.05, 3.63) is 29.6 Å². The largest absolute Gasteiger partial charge is 0.468 e. The standard InChI is InChI=1S/C14H16FNO3/c1-9-8-10(4-5-11(9)15)16-12(17)14(6-3-7-14)13(18)19-2/h4-5,8H,3,6-7H2,1-2H3,(H,16,17). The number of rotatable bonds is 3. The second-order valence-corrected chi connectivity index (χ2v) is 4.85. The lowest BCUT2D eigenvalue weighted by Gasteiger charge is -2.36. The molecule has 1 aromatic carbocycles. The molecule has 102 valence electrons. The molecule has 0 heterocycles. The van der Waals surface area contributed by atoms with Gasteiger partial charge in [-0.05, 0) is 43.5 Å². The predicted octanol–water partition coefficient (Wildman–Crippen LogP) is 2.42. The van der Waals surface area contributed by atoms with Crippen LogP contribution in [0.4, 0.5) is 10.1 Å². The summed E-state index contributed by atoms with van der Waals surface area (Å²) >= 11 is 0. The maximum absolute atomic E-state index is 13.1. The summed E-state index contributed by atoms with van der Waals surface area (Å²) in [6.07, 6.45) is 1.81. The van der Waals surface area contributed by atoms with Crippen molar-refractivity contribution in [3.63, 3.8) is 0 Å². The summed E-state index contributed by atoms with van der Waals surface area (Å²) in [7, 11) is 1.28. The van der Waals surface area contributed by atoms with Crippen LogP contribution in [0.3, 0.4) is 0 Å². The molecule has 1 saturated carbocycles. The van der Waals surface area contributed by atoms with E-state index in [4.69, 9.17) is 4.74 Å². The Hall–Kier alpha value is -1.91. The molecule has 2 rings (SSSR count). The number of ether oxygens (including phenoxy) is 1. The Morgan fingerprint density at radius 3 is 2.53 bits per heavy atom. The number of carbonyl (C=O) groups is 2. The highest BCUT2D eigenvalue weighted by molar-refractivity contribution is 6.09. The number of amides is 1. The molecule has 1 aliphatic rings. The van der Waals surface area contributed by atoms with Crippen LogP contribution in [-0.4, -0.2) is 19.0 Å². The highest BCUT2D eigenvalue weighted by Crippen LogP contribution is 2.43. The molecule has 0 aliphatic heterocycles. The second-order valence-electron chi connectivity index (χ2n) is 4.85. The second kappa shape index (κ2) is 4.99. The van der Waals surface area contributed by atoms with E-state index in [0.29, 0.717) is 24.1 Å². The van der Waals surface area contributed by atoms with Crippen molar-refractivity contribution in [1.82, 2.24) is 0 Å². The smallest absolute Gasteiger partial charge is 0.321 e. The first-order chi connectivity index (χ1) is 8.99. The zero-order valence-electron chi connectivity index (χ0n) is 11.0. The summed E-state index contributed by atoms with van der Waals surface area (Å²) in [5.41, 5.74) is -0.144. The maximum Gasteiger partial charge on any atom is 0.321 e. The first-order valence-corrected chi connectivity index (χ1v) is 6.15. The van der Waals surface area contributed by atoms with E-state index in [2.05, 4.69) is 5.32 Å². The highest BCUT2D eigenvalue weighted by atomic mass is 19.1. The molecule has 0 saturated heterocycles. The first-order valence-electron chi connectivity index (χ1n) is 6.15. The van der Waals surface area contributed by atoms with E-state index in [1.165, 1.54) is 25.3 Å². The molecule has 1 aromatic rings. The van der Waals surface area contributed by atoms with Gasteiger partial charge in [-0.15, -0.1) is 0 Å². The van der Waals surface area contributed by atoms with E-state index in [1.807, 2.05) is 0 Å². The number of hydrogen-bond acceptors (Lipinski definition) is 3. The van der Waals surface area contributed by atoms with E-state index < -0.39 is 11.4 Å². The van der Waals surface area contributed by atoms with Crippen LogP contribution in [0, 0.1) is 18.2 Å². The lowest BCUT2D eigenvalue weighted by Crippen LogP contribution is -2.48. The molecule has 1 N–H and O–H groups in total. The van der Waals surface area contributed by atoms with Gasteiger partial charge in [0.15, 0.2) is 0 Å². The van der Waals surface area contributed by atoms with Crippen LogP contribution in [0.25, 0.3) is 0 Å². The third-order valence-electron chi connectivity index (χ3n) is 3.63. The Labute approximate surface area is 110 Å². The number of anilines is 1. The summed E-state index contributed by atoms with van der Waals surface area (Å²) in [4.78, 5) is 23.9. The van der Waals surface area contributed by atoms with E-state index in [0.717, 1.165) is 6.42 Å². The number of aryl methyl sites for hydroxylation is 1. The lowest BCUT2D eigenvalue weighted by atomic mass is 9.68. The van der Waals surface area contributed by atoms with Crippen LogP contribution in [-0.2, 0) is 14.3 Å². The van der Waals surface area contributed by atoms with E-state index >= 15 is 0 Å². The van der Waals surface area contributed by atoms with Gasteiger partial charge in [0.2, 0.25) is 5.91 Å². The molecule has 1 fully saturated rings. The van der Waals surface area contributed by atoms with Gasteiger partial charge in [-0.25, -0.2) is 4.39 Å². The normalized spacial score (nSPS) is 16.4. The van der Waals surface area contributed by atoms with Gasteiger partial charge < -0.3 is 10.1 Å². The number of methoxy groups -OCH3 is 1. The fourth-order valence-corrected chi connectivity index (χ4v) is 2.22. The lowest BCUT2D eigenvalue weighted by molar-refractivity contribution is -0.163. The Morgan fingerprint density at radius 2 is 2.05 bits per heavy atom. The average molecular weight is 265 g/mol. The van der Waals surface area contributed by atoms with E-state index in [1.54, 1.807) is 6.92 Å². The molecule has 0 unspecified atom stereocenters. The summed E-state index contributed by atoms with van der Waals surface area (Å²) in [5, 5.41) is 2.66. The molecule has 0 bridgehead atoms. The van der Waals surface area contributed by atoms with Crippen LogP contribution in [0.5, 0.6) is 0 Å². The third-order valence-corrected chi connectivity index (χ3v) is 3.63. The van der Waals surface area contributed by atoms with Crippen LogP contribution >= 0.6 is 0 Å². The van der Waals surface area contributed by atoms with Crippen molar-refractivity contribution < 1.29 is 18.7 Å². The summed E-state index contributed by atoms with van der Waals surface area (Å²) in [6, 6.07) is 4.30. The molecule has 19 heavy (non-hydrogen) atoms. The van der Waals surface area contributed by atoms with Crippen molar-refractivity contribution in [1.29, 1.82) is 0 Å². The fourth-order valence-electron chi connectivity index (χ4n) is 2.22. The first kappa shape index (κ1) is 13.5. The van der Waals surface area contributed by atoms with Crippen LogP contribution in [0.1, 0.15) is 24.8 Å². The zero-order valence-corrected chi connectivity index (χ0v) is 11.0. The van der Waals surface area contributed by atoms with Crippen molar-refractivity contribution in [3.8, 4) is 0 Å². The minimum atomic E-state index is -1.07. The van der Waals surface area contributed by atoms with Gasteiger partial charge >= 0.3 is 5.97 Å². The van der Waals surface area contributed by atoms with Crippen molar-refractivity contribution in [2.45, 2.75) is 26.2 Å². The highest BCUT2D eigenvalue weighted by Gasteiger charge is 2.52. The number of nitrogens with one attached hydrogen (secondary N) is 1. The van der Waals surface area contributed by atoms with E-state index in [-0.39, 0.29) is 11.7 Å². The van der Waals surface area contributed by atoms with Crippen LogP contribution in [0.15, 0.2) is 18.2 Å². The monoisotopic (exact) mass is 265 g/mol. The fraction of sp³-hybridized carbons (Fsp3) is 0.429. The van der Waals surface area contributed by atoms with Gasteiger partial charge in [0.1, 0.15) is 11.2 Å². The molecule has 0 atom stereocenters. The summed E-state index contributed by atoms with van der Waals surface area (Å²) in [6.45, 7) is 1.62. The topological polar surface area (TPSA) is 55.4 Å². The quantitative estimate of drug-likeness (QED) is 0.674. The summed E-state index contributed by atoms with van der Waals surface area (Å²) in [5.74, 6) is -1.21. The SMILES string of the molecule is COC(=O)C1(C(=O)Nc2ccc(F)c(C)c2)CCC1. The van der Waals surface area contributed by atoms with Gasteiger partial charge in [-0.1, -0.05) is 6.42 Å². The molecule has 1 aliphatic carbocycles. The molecule has 1 amide bonds. The van der Waals surface area contributed by atoms with E-state index in [9.17, 15) is 14.0 Å². The van der Waals surface area contributed by atoms with Crippen LogP contribution in [0.2, 0.25) is 0 Å². The Bertz CT molecular complexity index is 523. The molecule has 5 heteroatoms. The molecule has 0 spiro atoms. The maximum atomic E-state index is 13.1. The van der Waals surface area contributed by atoms with Gasteiger partial charge in [-0.2, -0.15) is 0 Å². The Balaban J connectivity index is 2.16.